The Balaban J connectivity index is 1.65. The zero-order chi connectivity index (χ0) is 58.0. The van der Waals surface area contributed by atoms with Crippen LogP contribution in [-0.2, 0) is 49.6 Å². The highest BCUT2D eigenvalue weighted by Gasteiger charge is 2.31. The number of hydrogen-bond acceptors (Lipinski definition) is 18. The predicted molar refractivity (Wildman–Crippen MR) is 260 cm³/mol. The van der Waals surface area contributed by atoms with Gasteiger partial charge in [0.25, 0.3) is 0 Å². The van der Waals surface area contributed by atoms with Crippen molar-refractivity contribution < 1.29 is 103 Å². The fraction of sp³-hybridized carbons (Fsp3) is 0.347. The maximum Gasteiger partial charge on any atom is 0.354 e. The molecule has 4 aromatic rings. The van der Waals surface area contributed by atoms with E-state index in [0.29, 0.717) is 0 Å². The fourth-order valence-corrected chi connectivity index (χ4v) is 7.74. The minimum absolute atomic E-state index is 0.00211. The molecule has 0 spiro atoms. The summed E-state index contributed by atoms with van der Waals surface area (Å²) in [5.74, 6) is -16.2. The van der Waals surface area contributed by atoms with Crippen LogP contribution in [0.15, 0.2) is 48.5 Å². The van der Waals surface area contributed by atoms with Crippen LogP contribution >= 0.6 is 0 Å². The molecule has 0 saturated carbocycles. The van der Waals surface area contributed by atoms with E-state index in [1.807, 2.05) is 0 Å². The monoisotopic (exact) mass is 1090 g/mol. The summed E-state index contributed by atoms with van der Waals surface area (Å²) in [5, 5.41) is 83.5. The molecule has 4 aromatic heterocycles. The van der Waals surface area contributed by atoms with Crippen LogP contribution in [0, 0.1) is 0 Å². The molecule has 414 valence electrons. The molecule has 4 rings (SSSR count). The van der Waals surface area contributed by atoms with Gasteiger partial charge in [-0.05, 0) is 148 Å². The number of hydrogen-bond donors (Lipinski definition) is 12. The maximum absolute atomic E-state index is 14.4. The number of nitrogens with two attached hydrogens (primary N) is 1. The molecule has 0 aliphatic heterocycles. The lowest BCUT2D eigenvalue weighted by atomic mass is 10.00. The van der Waals surface area contributed by atoms with E-state index in [-0.39, 0.29) is 99.3 Å². The molecule has 29 heteroatoms. The number of amides is 3. The summed E-state index contributed by atoms with van der Waals surface area (Å²) in [6.07, 6.45) is -1.25. The number of rotatable bonds is 31. The first-order valence-corrected chi connectivity index (χ1v) is 23.4. The minimum atomic E-state index is -1.61. The smallest absolute Gasteiger partial charge is 0.354 e. The molecule has 0 bridgehead atoms. The largest absolute Gasteiger partial charge is 0.477 e. The van der Waals surface area contributed by atoms with Crippen LogP contribution in [0.25, 0.3) is 0 Å². The van der Waals surface area contributed by atoms with Crippen molar-refractivity contribution in [3.05, 3.63) is 116 Å². The second kappa shape index (κ2) is 28.2. The molecule has 0 saturated heterocycles. The number of methoxy groups -OCH3 is 1. The van der Waals surface area contributed by atoms with Crippen molar-refractivity contribution in [1.29, 1.82) is 0 Å². The number of aromatic carboxylic acids is 8. The van der Waals surface area contributed by atoms with E-state index in [1.165, 1.54) is 0 Å². The topological polar surface area (TPSA) is 490 Å². The van der Waals surface area contributed by atoms with Crippen molar-refractivity contribution in [1.82, 2.24) is 35.9 Å². The molecular formula is C49H52N8O21. The van der Waals surface area contributed by atoms with Crippen LogP contribution in [0.5, 0.6) is 0 Å². The lowest BCUT2D eigenvalue weighted by Crippen LogP contribution is -2.57. The van der Waals surface area contributed by atoms with Gasteiger partial charge in [0.2, 0.25) is 17.7 Å². The Morgan fingerprint density at radius 2 is 0.603 bits per heavy atom. The van der Waals surface area contributed by atoms with Gasteiger partial charge in [-0.3, -0.25) is 14.4 Å². The Kier molecular flexibility index (Phi) is 22.0. The number of carboxylic acids is 8. The molecule has 4 heterocycles. The maximum atomic E-state index is 14.4. The SMILES string of the molecule is COC(=O)[C@H](CCCc1cc(C(=O)O)nc(C(=O)O)c1)NC(=O)[C@H](CCCc1cc(C(=O)O)nc(C(=O)O)c1)NC(=O)[C@H](CCCc1cc(C(=O)O)nc(C(=O)O)c1)NC(=O)[C@@H](N)CCCc1cc(C(=O)O)nc(C(=O)O)c1. The number of aryl methyl sites for hydroxylation is 4. The van der Waals surface area contributed by atoms with Gasteiger partial charge < -0.3 is 67.3 Å². The van der Waals surface area contributed by atoms with E-state index in [0.717, 1.165) is 55.6 Å². The zero-order valence-corrected chi connectivity index (χ0v) is 41.2. The summed E-state index contributed by atoms with van der Waals surface area (Å²) in [6, 6.07) is 2.86. The third kappa shape index (κ3) is 18.2. The number of carbonyl (C=O) groups excluding carboxylic acids is 4. The standard InChI is InChI=1S/C49H52N8O21/c1-78-49(77)29(13-5-9-25-20-36(47(73)74)54-37(21-25)48(75)76)57-40(60)28(12-4-8-24-18-34(45(69)70)53-35(19-24)46(71)72)56-39(59)27(11-3-7-23-16-32(43(65)66)52-33(17-23)44(67)68)55-38(58)26(50)10-2-6-22-14-30(41(61)62)51-31(15-22)42(63)64/h14-21,26-29H,2-13,50H2,1H3,(H,55,58)(H,56,59)(H,57,60)(H,61,62)(H,63,64)(H,65,66)(H,67,68)(H,69,70)(H,71,72)(H,73,74)(H,75,76)/t26-,27-,28-,29-/m0/s1. The second-order valence-corrected chi connectivity index (χ2v) is 17.3. The van der Waals surface area contributed by atoms with E-state index in [2.05, 4.69) is 35.9 Å². The van der Waals surface area contributed by atoms with E-state index in [4.69, 9.17) is 10.5 Å². The van der Waals surface area contributed by atoms with Crippen molar-refractivity contribution in [3.8, 4) is 0 Å². The Hall–Kier alpha value is -9.80. The van der Waals surface area contributed by atoms with Gasteiger partial charge >= 0.3 is 53.7 Å². The summed E-state index contributed by atoms with van der Waals surface area (Å²) in [6.45, 7) is 0. The molecule has 29 nitrogen and oxygen atoms in total. The van der Waals surface area contributed by atoms with Crippen LogP contribution in [0.3, 0.4) is 0 Å². The Morgan fingerprint density at radius 3 is 0.846 bits per heavy atom. The molecule has 0 fully saturated rings. The van der Waals surface area contributed by atoms with E-state index in [1.54, 1.807) is 0 Å². The molecule has 13 N–H and O–H groups in total. The van der Waals surface area contributed by atoms with Crippen LogP contribution in [0.1, 0.15) is 158 Å². The molecule has 78 heavy (non-hydrogen) atoms. The number of nitrogens with one attached hydrogen (secondary N) is 3. The number of pyridine rings is 4. The number of esters is 1. The minimum Gasteiger partial charge on any atom is -0.477 e. The van der Waals surface area contributed by atoms with Crippen molar-refractivity contribution in [2.24, 2.45) is 5.73 Å². The van der Waals surface area contributed by atoms with Crippen molar-refractivity contribution in [3.63, 3.8) is 0 Å². The lowest BCUT2D eigenvalue weighted by Gasteiger charge is -2.26. The lowest BCUT2D eigenvalue weighted by molar-refractivity contribution is -0.145. The second-order valence-electron chi connectivity index (χ2n) is 17.3. The summed E-state index contributed by atoms with van der Waals surface area (Å²) in [7, 11) is 1.01. The summed E-state index contributed by atoms with van der Waals surface area (Å²) < 4.78 is 4.90. The van der Waals surface area contributed by atoms with Gasteiger partial charge in [0.1, 0.15) is 63.7 Å². The van der Waals surface area contributed by atoms with E-state index < -0.39 is 141 Å². The van der Waals surface area contributed by atoms with Crippen LogP contribution in [-0.4, -0.2) is 164 Å². The molecule has 4 atom stereocenters. The van der Waals surface area contributed by atoms with Crippen molar-refractivity contribution in [2.75, 3.05) is 7.11 Å². The van der Waals surface area contributed by atoms with Crippen LogP contribution in [0.2, 0.25) is 0 Å². The highest BCUT2D eigenvalue weighted by molar-refractivity contribution is 5.95. The fourth-order valence-electron chi connectivity index (χ4n) is 7.74. The molecule has 0 aromatic carbocycles. The third-order valence-electron chi connectivity index (χ3n) is 11.6. The van der Waals surface area contributed by atoms with Gasteiger partial charge in [-0.25, -0.2) is 63.1 Å². The summed E-state index contributed by atoms with van der Waals surface area (Å²) in [5.41, 5.74) is 2.29. The Morgan fingerprint density at radius 1 is 0.385 bits per heavy atom. The molecule has 0 radical (unpaired) electrons. The van der Waals surface area contributed by atoms with Crippen LogP contribution in [0.4, 0.5) is 0 Å². The van der Waals surface area contributed by atoms with Gasteiger partial charge in [-0.2, -0.15) is 0 Å². The van der Waals surface area contributed by atoms with Crippen molar-refractivity contribution in [2.45, 2.75) is 101 Å². The number of aromatic nitrogens is 4. The highest BCUT2D eigenvalue weighted by atomic mass is 16.5. The first-order chi connectivity index (χ1) is 36.8. The summed E-state index contributed by atoms with van der Waals surface area (Å²) >= 11 is 0. The highest BCUT2D eigenvalue weighted by Crippen LogP contribution is 2.18. The van der Waals surface area contributed by atoms with Gasteiger partial charge in [0.05, 0.1) is 13.2 Å². The first-order valence-electron chi connectivity index (χ1n) is 23.4. The number of nitrogens with zero attached hydrogens (tertiary/aromatic N) is 4. The average molecular weight is 1090 g/mol. The van der Waals surface area contributed by atoms with E-state index in [9.17, 15) is 98.4 Å². The Labute approximate surface area is 439 Å². The third-order valence-corrected chi connectivity index (χ3v) is 11.6. The van der Waals surface area contributed by atoms with Gasteiger partial charge in [-0.1, -0.05) is 0 Å². The quantitative estimate of drug-likeness (QED) is 0.0315. The zero-order valence-electron chi connectivity index (χ0n) is 41.2. The number of carboxylic acid groups (broad SMARTS) is 8. The number of carbonyl (C=O) groups is 12. The Bertz CT molecular complexity index is 2890. The van der Waals surface area contributed by atoms with Crippen LogP contribution < -0.4 is 21.7 Å². The van der Waals surface area contributed by atoms with Gasteiger partial charge in [0.15, 0.2) is 0 Å². The predicted octanol–water partition coefficient (Wildman–Crippen LogP) is 1.20. The van der Waals surface area contributed by atoms with Gasteiger partial charge in [0, 0.05) is 0 Å². The molecule has 0 aliphatic rings. The first kappa shape index (κ1) is 60.8. The van der Waals surface area contributed by atoms with E-state index >= 15 is 0 Å². The average Bonchev–Trinajstić information content (AvgIpc) is 3.39. The molecular weight excluding hydrogens is 1040 g/mol. The number of ether oxygens (including phenoxy) is 1. The summed E-state index contributed by atoms with van der Waals surface area (Å²) in [4.78, 5) is 163. The molecule has 0 unspecified atom stereocenters. The van der Waals surface area contributed by atoms with Crippen molar-refractivity contribution >= 4 is 71.4 Å². The normalized spacial score (nSPS) is 12.4. The van der Waals surface area contributed by atoms with Gasteiger partial charge in [-0.15, -0.1) is 0 Å². The molecule has 0 aliphatic carbocycles. The molecule has 3 amide bonds.